The third-order valence-electron chi connectivity index (χ3n) is 5.56. The molecule has 4 rings (SSSR count). The minimum atomic E-state index is -0.811. The largest absolute Gasteiger partial charge is 0.387 e. The van der Waals surface area contributed by atoms with Gasteiger partial charge >= 0.3 is 0 Å². The number of hydrogen-bond acceptors (Lipinski definition) is 4. The number of ether oxygens (including phenoxy) is 3. The van der Waals surface area contributed by atoms with Gasteiger partial charge in [-0.15, -0.1) is 0 Å². The van der Waals surface area contributed by atoms with Crippen LogP contribution in [-0.2, 0) is 27.4 Å². The van der Waals surface area contributed by atoms with Gasteiger partial charge in [0.15, 0.2) is 0 Å². The minimum Gasteiger partial charge on any atom is -0.387 e. The van der Waals surface area contributed by atoms with Gasteiger partial charge in [-0.1, -0.05) is 77.3 Å². The van der Waals surface area contributed by atoms with Crippen molar-refractivity contribution in [1.29, 1.82) is 0 Å². The Morgan fingerprint density at radius 2 is 1.38 bits per heavy atom. The fourth-order valence-electron chi connectivity index (χ4n) is 3.76. The van der Waals surface area contributed by atoms with Crippen LogP contribution < -0.4 is 0 Å². The van der Waals surface area contributed by atoms with Crippen LogP contribution >= 0.6 is 23.2 Å². The van der Waals surface area contributed by atoms with Crippen molar-refractivity contribution in [1.82, 2.24) is 0 Å². The summed E-state index contributed by atoms with van der Waals surface area (Å²) in [5, 5.41) is 12.4. The lowest BCUT2D eigenvalue weighted by molar-refractivity contribution is -0.0769. The Morgan fingerprint density at radius 3 is 1.97 bits per heavy atom. The van der Waals surface area contributed by atoms with E-state index in [-0.39, 0.29) is 0 Å². The Kier molecular flexibility index (Phi) is 7.84. The molecule has 0 saturated carbocycles. The molecule has 0 aromatic heterocycles. The second kappa shape index (κ2) is 10.8. The van der Waals surface area contributed by atoms with Gasteiger partial charge in [0.05, 0.1) is 19.8 Å². The van der Waals surface area contributed by atoms with Gasteiger partial charge in [-0.05, 0) is 47.9 Å². The van der Waals surface area contributed by atoms with E-state index in [0.717, 1.165) is 22.3 Å². The molecule has 4 atom stereocenters. The van der Waals surface area contributed by atoms with Crippen molar-refractivity contribution in [2.45, 2.75) is 44.6 Å². The molecule has 0 radical (unpaired) electrons. The van der Waals surface area contributed by atoms with Gasteiger partial charge in [-0.25, -0.2) is 0 Å². The van der Waals surface area contributed by atoms with Gasteiger partial charge in [-0.3, -0.25) is 0 Å². The summed E-state index contributed by atoms with van der Waals surface area (Å²) in [6.07, 6.45) is -2.22. The van der Waals surface area contributed by atoms with Crippen molar-refractivity contribution < 1.29 is 19.3 Å². The van der Waals surface area contributed by atoms with Crippen LogP contribution in [0.5, 0.6) is 0 Å². The second-order valence-corrected chi connectivity index (χ2v) is 8.91. The first-order chi connectivity index (χ1) is 15.5. The number of rotatable bonds is 8. The molecule has 3 aromatic rings. The summed E-state index contributed by atoms with van der Waals surface area (Å²) in [5.74, 6) is 0. The van der Waals surface area contributed by atoms with Crippen LogP contribution in [0.15, 0.2) is 72.8 Å². The highest BCUT2D eigenvalue weighted by Gasteiger charge is 2.45. The molecule has 1 aliphatic rings. The Morgan fingerprint density at radius 1 is 0.812 bits per heavy atom. The number of halogens is 2. The molecule has 0 unspecified atom stereocenters. The van der Waals surface area contributed by atoms with E-state index in [9.17, 15) is 5.11 Å². The molecule has 6 heteroatoms. The predicted molar refractivity (Wildman–Crippen MR) is 126 cm³/mol. The summed E-state index contributed by atoms with van der Waals surface area (Å²) in [5.41, 5.74) is 4.06. The molecule has 3 aromatic carbocycles. The first-order valence-corrected chi connectivity index (χ1v) is 11.3. The summed E-state index contributed by atoms with van der Waals surface area (Å²) in [6, 6.07) is 23.0. The van der Waals surface area contributed by atoms with Crippen LogP contribution in [0, 0.1) is 6.92 Å². The van der Waals surface area contributed by atoms with E-state index in [1.165, 1.54) is 0 Å². The number of aliphatic hydroxyl groups excluding tert-OH is 1. The number of benzene rings is 3. The molecule has 1 saturated heterocycles. The highest BCUT2D eigenvalue weighted by atomic mass is 35.5. The van der Waals surface area contributed by atoms with E-state index in [2.05, 4.69) is 0 Å². The normalized spacial score (nSPS) is 22.9. The molecule has 1 fully saturated rings. The second-order valence-electron chi connectivity index (χ2n) is 8.04. The summed E-state index contributed by atoms with van der Waals surface area (Å²) in [6.45, 7) is 3.09. The maximum Gasteiger partial charge on any atom is 0.115 e. The monoisotopic (exact) mass is 472 g/mol. The van der Waals surface area contributed by atoms with Crippen molar-refractivity contribution >= 4 is 23.2 Å². The van der Waals surface area contributed by atoms with Gasteiger partial charge in [0, 0.05) is 10.0 Å². The van der Waals surface area contributed by atoms with Crippen molar-refractivity contribution in [3.8, 4) is 0 Å². The van der Waals surface area contributed by atoms with E-state index in [1.807, 2.05) is 79.7 Å². The number of hydrogen-bond donors (Lipinski definition) is 1. The van der Waals surface area contributed by atoms with Crippen molar-refractivity contribution in [3.05, 3.63) is 105 Å². The maximum absolute atomic E-state index is 11.1. The molecule has 32 heavy (non-hydrogen) atoms. The molecule has 0 bridgehead atoms. The lowest BCUT2D eigenvalue weighted by Gasteiger charge is -2.21. The number of aliphatic hydroxyl groups is 1. The SMILES string of the molecule is Cc1ccc([C@H]2O[C@@H](COCc3ccc(Cl)cc3)[C@@H](OCc3ccc(Cl)cc3)[C@H]2O)cc1. The van der Waals surface area contributed by atoms with Gasteiger partial charge < -0.3 is 19.3 Å². The molecular weight excluding hydrogens is 447 g/mol. The molecule has 4 nitrogen and oxygen atoms in total. The molecule has 0 aliphatic carbocycles. The summed E-state index contributed by atoms with van der Waals surface area (Å²) < 4.78 is 18.3. The molecule has 168 valence electrons. The van der Waals surface area contributed by atoms with E-state index in [1.54, 1.807) is 0 Å². The van der Waals surface area contributed by atoms with Gasteiger partial charge in [0.2, 0.25) is 0 Å². The topological polar surface area (TPSA) is 47.9 Å². The minimum absolute atomic E-state index is 0.299. The van der Waals surface area contributed by atoms with Gasteiger partial charge in [0.25, 0.3) is 0 Å². The quantitative estimate of drug-likeness (QED) is 0.442. The summed E-state index contributed by atoms with van der Waals surface area (Å²) >= 11 is 11.9. The maximum atomic E-state index is 11.1. The molecule has 1 heterocycles. The van der Waals surface area contributed by atoms with E-state index < -0.39 is 24.4 Å². The summed E-state index contributed by atoms with van der Waals surface area (Å²) in [7, 11) is 0. The van der Waals surface area contributed by atoms with E-state index in [4.69, 9.17) is 37.4 Å². The van der Waals surface area contributed by atoms with Crippen LogP contribution in [0.2, 0.25) is 10.0 Å². The fourth-order valence-corrected chi connectivity index (χ4v) is 4.01. The van der Waals surface area contributed by atoms with Gasteiger partial charge in [-0.2, -0.15) is 0 Å². The third kappa shape index (κ3) is 5.90. The van der Waals surface area contributed by atoms with Crippen LogP contribution in [-0.4, -0.2) is 30.0 Å². The lowest BCUT2D eigenvalue weighted by atomic mass is 10.0. The first-order valence-electron chi connectivity index (χ1n) is 10.6. The van der Waals surface area contributed by atoms with E-state index in [0.29, 0.717) is 29.9 Å². The Balaban J connectivity index is 1.44. The summed E-state index contributed by atoms with van der Waals surface area (Å²) in [4.78, 5) is 0. The molecule has 0 amide bonds. The Labute approximate surface area is 198 Å². The predicted octanol–water partition coefficient (Wildman–Crippen LogP) is 5.90. The van der Waals surface area contributed by atoms with Crippen LogP contribution in [0.4, 0.5) is 0 Å². The lowest BCUT2D eigenvalue weighted by Crippen LogP contribution is -2.36. The average molecular weight is 473 g/mol. The average Bonchev–Trinajstić information content (AvgIpc) is 3.10. The highest BCUT2D eigenvalue weighted by Crippen LogP contribution is 2.36. The standard InChI is InChI=1S/C26H26Cl2O4/c1-17-2-8-20(9-3-17)25-24(29)26(31-15-19-6-12-22(28)13-7-19)23(32-25)16-30-14-18-4-10-21(27)11-5-18/h2-13,23-26,29H,14-16H2,1H3/t23-,24-,25+,26+/m0/s1. The molecule has 1 N–H and O–H groups in total. The zero-order valence-corrected chi connectivity index (χ0v) is 19.3. The van der Waals surface area contributed by atoms with Gasteiger partial charge in [0.1, 0.15) is 24.4 Å². The van der Waals surface area contributed by atoms with Crippen molar-refractivity contribution in [2.24, 2.45) is 0 Å². The Hall–Kier alpha value is -1.92. The van der Waals surface area contributed by atoms with Crippen molar-refractivity contribution in [2.75, 3.05) is 6.61 Å². The third-order valence-corrected chi connectivity index (χ3v) is 6.06. The van der Waals surface area contributed by atoms with Crippen LogP contribution in [0.1, 0.15) is 28.4 Å². The van der Waals surface area contributed by atoms with Crippen LogP contribution in [0.3, 0.4) is 0 Å². The zero-order chi connectivity index (χ0) is 22.5. The Bertz CT molecular complexity index is 990. The molecule has 0 spiro atoms. The fraction of sp³-hybridized carbons (Fsp3) is 0.308. The smallest absolute Gasteiger partial charge is 0.115 e. The first kappa shape index (κ1) is 23.2. The molecular formula is C26H26Cl2O4. The highest BCUT2D eigenvalue weighted by molar-refractivity contribution is 6.30. The van der Waals surface area contributed by atoms with Crippen molar-refractivity contribution in [3.63, 3.8) is 0 Å². The number of aryl methyl sites for hydroxylation is 1. The van der Waals surface area contributed by atoms with E-state index >= 15 is 0 Å². The van der Waals surface area contributed by atoms with Crippen LogP contribution in [0.25, 0.3) is 0 Å². The molecule has 1 aliphatic heterocycles. The zero-order valence-electron chi connectivity index (χ0n) is 17.8.